The standard InChI is InChI=1S/C36H42N6O9/c1-36(2,3)51-35(47)38-14-16-49-21-24-17-23-18-42(33(45)40-32(23)39-24)19-30(43)41(20-31(44)48-4)15-13-37-34(46)50-22-29-27-11-7-5-9-25(27)26-10-6-8-12-28(26)29/h5-12,17-18,29H,13-16,19-22H2,1-4H3,(H,37,46)(H,38,47)(H,39,40,45). The minimum atomic E-state index is -0.679. The Hall–Kier alpha value is -5.70. The Balaban J connectivity index is 1.12. The van der Waals surface area contributed by atoms with E-state index in [1.54, 1.807) is 26.8 Å². The first-order valence-electron chi connectivity index (χ1n) is 16.5. The van der Waals surface area contributed by atoms with Crippen LogP contribution in [0.2, 0.25) is 0 Å². The van der Waals surface area contributed by atoms with Gasteiger partial charge in [0.25, 0.3) is 0 Å². The number of rotatable bonds is 14. The highest BCUT2D eigenvalue weighted by atomic mass is 16.6. The van der Waals surface area contributed by atoms with Crippen molar-refractivity contribution in [2.75, 3.05) is 46.5 Å². The first-order chi connectivity index (χ1) is 24.4. The Kier molecular flexibility index (Phi) is 11.7. The molecule has 1 aliphatic carbocycles. The molecule has 15 heteroatoms. The second-order valence-corrected chi connectivity index (χ2v) is 12.9. The molecule has 3 N–H and O–H groups in total. The van der Waals surface area contributed by atoms with Crippen molar-refractivity contribution in [1.82, 2.24) is 30.1 Å². The molecule has 0 saturated carbocycles. The van der Waals surface area contributed by atoms with Crippen molar-refractivity contribution in [3.05, 3.63) is 88.1 Å². The van der Waals surface area contributed by atoms with Gasteiger partial charge in [-0.05, 0) is 49.1 Å². The Bertz CT molecular complexity index is 1900. The normalized spacial score (nSPS) is 12.2. The first-order valence-corrected chi connectivity index (χ1v) is 16.5. The van der Waals surface area contributed by atoms with Crippen molar-refractivity contribution in [2.45, 2.75) is 45.4 Å². The van der Waals surface area contributed by atoms with Crippen molar-refractivity contribution in [2.24, 2.45) is 0 Å². The van der Waals surface area contributed by atoms with E-state index in [1.807, 2.05) is 48.5 Å². The number of benzene rings is 2. The second kappa shape index (κ2) is 16.3. The fourth-order valence-electron chi connectivity index (χ4n) is 5.70. The topological polar surface area (TPSA) is 183 Å². The molecule has 2 heterocycles. The van der Waals surface area contributed by atoms with Gasteiger partial charge < -0.3 is 39.5 Å². The molecule has 0 atom stereocenters. The number of nitrogens with one attached hydrogen (secondary N) is 3. The molecule has 51 heavy (non-hydrogen) atoms. The van der Waals surface area contributed by atoms with Crippen molar-refractivity contribution in [1.29, 1.82) is 0 Å². The predicted molar refractivity (Wildman–Crippen MR) is 186 cm³/mol. The Labute approximate surface area is 294 Å². The lowest BCUT2D eigenvalue weighted by molar-refractivity contribution is -0.147. The number of ether oxygens (including phenoxy) is 4. The molecule has 3 amide bonds. The predicted octanol–water partition coefficient (Wildman–Crippen LogP) is 3.31. The Morgan fingerprint density at radius 2 is 1.63 bits per heavy atom. The third-order valence-electron chi connectivity index (χ3n) is 8.00. The van der Waals surface area contributed by atoms with E-state index in [0.29, 0.717) is 16.7 Å². The van der Waals surface area contributed by atoms with Crippen LogP contribution >= 0.6 is 0 Å². The summed E-state index contributed by atoms with van der Waals surface area (Å²) in [7, 11) is 1.20. The number of amides is 3. The van der Waals surface area contributed by atoms with Gasteiger partial charge in [-0.25, -0.2) is 14.4 Å². The number of nitrogens with zero attached hydrogens (tertiary/aromatic N) is 3. The molecule has 0 spiro atoms. The lowest BCUT2D eigenvalue weighted by atomic mass is 9.98. The molecule has 5 rings (SSSR count). The molecular formula is C36H42N6O9. The first kappa shape index (κ1) is 36.6. The van der Waals surface area contributed by atoms with Gasteiger partial charge in [-0.15, -0.1) is 0 Å². The number of esters is 1. The van der Waals surface area contributed by atoms with Crippen molar-refractivity contribution in [3.8, 4) is 11.1 Å². The number of fused-ring (bicyclic) bond motifs is 4. The molecule has 0 aliphatic heterocycles. The molecule has 0 fully saturated rings. The largest absolute Gasteiger partial charge is 0.468 e. The van der Waals surface area contributed by atoms with Gasteiger partial charge in [0, 0.05) is 42.8 Å². The van der Waals surface area contributed by atoms with Crippen molar-refractivity contribution >= 4 is 35.1 Å². The number of carbonyl (C=O) groups is 4. The summed E-state index contributed by atoms with van der Waals surface area (Å²) >= 11 is 0. The molecule has 0 saturated heterocycles. The summed E-state index contributed by atoms with van der Waals surface area (Å²) in [6.07, 6.45) is 0.275. The van der Waals surface area contributed by atoms with Crippen LogP contribution in [0.5, 0.6) is 0 Å². The number of carbonyl (C=O) groups excluding carboxylic acids is 4. The van der Waals surface area contributed by atoms with Crippen molar-refractivity contribution < 1.29 is 38.1 Å². The summed E-state index contributed by atoms with van der Waals surface area (Å²) < 4.78 is 22.2. The lowest BCUT2D eigenvalue weighted by Crippen LogP contribution is -2.44. The molecule has 2 aromatic heterocycles. The molecule has 0 radical (unpaired) electrons. The number of hydrogen-bond donors (Lipinski definition) is 3. The fraction of sp³-hybridized carbons (Fsp3) is 0.389. The summed E-state index contributed by atoms with van der Waals surface area (Å²) in [6, 6.07) is 17.7. The van der Waals surface area contributed by atoms with Gasteiger partial charge in [0.05, 0.1) is 20.3 Å². The molecule has 0 unspecified atom stereocenters. The summed E-state index contributed by atoms with van der Waals surface area (Å²) in [5.41, 5.74) is 4.05. The quantitative estimate of drug-likeness (QED) is 0.100. The number of aromatic nitrogens is 3. The Morgan fingerprint density at radius 3 is 2.29 bits per heavy atom. The second-order valence-electron chi connectivity index (χ2n) is 12.9. The molecule has 4 aromatic rings. The zero-order chi connectivity index (χ0) is 36.5. The summed E-state index contributed by atoms with van der Waals surface area (Å²) in [4.78, 5) is 70.9. The van der Waals surface area contributed by atoms with Gasteiger partial charge in [0.1, 0.15) is 30.9 Å². The minimum Gasteiger partial charge on any atom is -0.468 e. The van der Waals surface area contributed by atoms with E-state index in [-0.39, 0.29) is 51.9 Å². The third kappa shape index (κ3) is 9.72. The molecule has 1 aliphatic rings. The number of aromatic amines is 1. The van der Waals surface area contributed by atoms with Crippen LogP contribution in [-0.2, 0) is 41.7 Å². The van der Waals surface area contributed by atoms with E-state index >= 15 is 0 Å². The average molecular weight is 703 g/mol. The minimum absolute atomic E-state index is 0.0138. The lowest BCUT2D eigenvalue weighted by Gasteiger charge is -2.22. The van der Waals surface area contributed by atoms with Gasteiger partial charge in [-0.2, -0.15) is 4.98 Å². The van der Waals surface area contributed by atoms with Crippen LogP contribution in [-0.4, -0.2) is 95.6 Å². The Morgan fingerprint density at radius 1 is 0.961 bits per heavy atom. The maximum atomic E-state index is 13.3. The van der Waals surface area contributed by atoms with Gasteiger partial charge in [0.2, 0.25) is 5.91 Å². The summed E-state index contributed by atoms with van der Waals surface area (Å²) in [6.45, 7) is 5.20. The van der Waals surface area contributed by atoms with Crippen LogP contribution in [0, 0.1) is 0 Å². The fourth-order valence-corrected chi connectivity index (χ4v) is 5.70. The molecule has 0 bridgehead atoms. The van der Waals surface area contributed by atoms with Crippen LogP contribution in [0.15, 0.2) is 65.6 Å². The summed E-state index contributed by atoms with van der Waals surface area (Å²) in [5.74, 6) is -1.34. The number of H-pyrrole nitrogens is 1. The zero-order valence-electron chi connectivity index (χ0n) is 29.0. The highest BCUT2D eigenvalue weighted by Gasteiger charge is 2.29. The molecular weight excluding hydrogens is 660 g/mol. The van der Waals surface area contributed by atoms with E-state index in [4.69, 9.17) is 18.9 Å². The average Bonchev–Trinajstić information content (AvgIpc) is 3.63. The van der Waals surface area contributed by atoms with Crippen LogP contribution in [0.25, 0.3) is 22.2 Å². The van der Waals surface area contributed by atoms with Crippen molar-refractivity contribution in [3.63, 3.8) is 0 Å². The number of hydrogen-bond acceptors (Lipinski definition) is 10. The van der Waals surface area contributed by atoms with Crippen LogP contribution in [0.1, 0.15) is 43.5 Å². The van der Waals surface area contributed by atoms with E-state index < -0.39 is 41.9 Å². The highest BCUT2D eigenvalue weighted by Crippen LogP contribution is 2.44. The molecule has 270 valence electrons. The van der Waals surface area contributed by atoms with Crippen LogP contribution in [0.3, 0.4) is 0 Å². The van der Waals surface area contributed by atoms with E-state index in [1.165, 1.54) is 18.2 Å². The molecule has 15 nitrogen and oxygen atoms in total. The molecule has 2 aromatic carbocycles. The number of methoxy groups -OCH3 is 1. The van der Waals surface area contributed by atoms with Gasteiger partial charge in [-0.1, -0.05) is 48.5 Å². The highest BCUT2D eigenvalue weighted by molar-refractivity contribution is 5.83. The van der Waals surface area contributed by atoms with Crippen LogP contribution in [0.4, 0.5) is 9.59 Å². The van der Waals surface area contributed by atoms with E-state index in [2.05, 4.69) is 20.6 Å². The maximum Gasteiger partial charge on any atom is 0.407 e. The van der Waals surface area contributed by atoms with Gasteiger partial charge in [-0.3, -0.25) is 14.2 Å². The van der Waals surface area contributed by atoms with Gasteiger partial charge in [0.15, 0.2) is 0 Å². The van der Waals surface area contributed by atoms with E-state index in [0.717, 1.165) is 26.8 Å². The maximum absolute atomic E-state index is 13.3. The van der Waals surface area contributed by atoms with Gasteiger partial charge >= 0.3 is 23.8 Å². The third-order valence-corrected chi connectivity index (χ3v) is 8.00. The SMILES string of the molecule is COC(=O)CN(CCNC(=O)OCC1c2ccccc2-c2ccccc21)C(=O)Cn1cc2cc(COCCNC(=O)OC(C)(C)C)[nH]c2nc1=O. The van der Waals surface area contributed by atoms with Crippen LogP contribution < -0.4 is 16.3 Å². The number of alkyl carbamates (subject to hydrolysis) is 2. The van der Waals surface area contributed by atoms with E-state index in [9.17, 15) is 24.0 Å². The smallest absolute Gasteiger partial charge is 0.407 e. The monoisotopic (exact) mass is 702 g/mol. The summed E-state index contributed by atoms with van der Waals surface area (Å²) in [5, 5.41) is 5.81. The zero-order valence-corrected chi connectivity index (χ0v) is 29.0.